The summed E-state index contributed by atoms with van der Waals surface area (Å²) in [6.45, 7) is 15.9. The van der Waals surface area contributed by atoms with E-state index in [4.69, 9.17) is 4.98 Å². The average Bonchev–Trinajstić information content (AvgIpc) is 3.43. The van der Waals surface area contributed by atoms with E-state index in [9.17, 15) is 0 Å². The van der Waals surface area contributed by atoms with Gasteiger partial charge in [-0.1, -0.05) is 112 Å². The Bertz CT molecular complexity index is 2140. The standard InChI is InChI=1S/C24H16NS.C18H24NSi.Ir/c1-16-12-13-25-22(14-16)21-9-5-8-20-19-11-10-18(15-23(19)26-24(20)21)17-6-3-2-4-7-17;1-13(2)16-11-17(15-9-7-8-14(3)10-15)19-12-18(16)20(4,5)6;/h2-8,10-15H,1H3;7-8,10-13H,1-6H3;/q2*-1;. The summed E-state index contributed by atoms with van der Waals surface area (Å²) in [4.78, 5) is 9.27. The monoisotopic (exact) mass is 825 g/mol. The largest absolute Gasteiger partial charge is 0.305 e. The fourth-order valence-corrected chi connectivity index (χ4v) is 8.79. The van der Waals surface area contributed by atoms with Gasteiger partial charge in [0.2, 0.25) is 0 Å². The van der Waals surface area contributed by atoms with E-state index in [1.165, 1.54) is 53.2 Å². The molecule has 0 aliphatic carbocycles. The molecule has 1 radical (unpaired) electrons. The molecule has 0 unspecified atom stereocenters. The topological polar surface area (TPSA) is 25.8 Å². The summed E-state index contributed by atoms with van der Waals surface area (Å²) < 4.78 is 2.56. The second-order valence-corrected chi connectivity index (χ2v) is 19.4. The molecule has 0 saturated carbocycles. The fourth-order valence-electron chi connectivity index (χ4n) is 5.87. The molecule has 4 aromatic carbocycles. The molecule has 239 valence electrons. The van der Waals surface area contributed by atoms with Gasteiger partial charge in [0.15, 0.2) is 0 Å². The number of pyridine rings is 2. The van der Waals surface area contributed by atoms with Crippen LogP contribution in [0.5, 0.6) is 0 Å². The van der Waals surface area contributed by atoms with E-state index in [1.807, 2.05) is 35.7 Å². The van der Waals surface area contributed by atoms with E-state index in [0.717, 1.165) is 22.5 Å². The third-order valence-corrected chi connectivity index (χ3v) is 11.5. The molecule has 7 aromatic rings. The predicted octanol–water partition coefficient (Wildman–Crippen LogP) is 11.4. The molecule has 0 spiro atoms. The van der Waals surface area contributed by atoms with Crippen LogP contribution >= 0.6 is 11.3 Å². The van der Waals surface area contributed by atoms with E-state index in [-0.39, 0.29) is 20.1 Å². The summed E-state index contributed by atoms with van der Waals surface area (Å²) in [7, 11) is -1.35. The molecule has 2 nitrogen and oxygen atoms in total. The molecular weight excluding hydrogens is 785 g/mol. The molecule has 47 heavy (non-hydrogen) atoms. The van der Waals surface area contributed by atoms with Gasteiger partial charge in [0, 0.05) is 37.2 Å². The maximum absolute atomic E-state index is 4.70. The van der Waals surface area contributed by atoms with Crippen LogP contribution in [0.4, 0.5) is 0 Å². The Morgan fingerprint density at radius 3 is 2.15 bits per heavy atom. The Labute approximate surface area is 298 Å². The number of benzene rings is 4. The van der Waals surface area contributed by atoms with Crippen molar-refractivity contribution in [1.29, 1.82) is 0 Å². The third kappa shape index (κ3) is 7.71. The Morgan fingerprint density at radius 2 is 1.45 bits per heavy atom. The number of hydrogen-bond acceptors (Lipinski definition) is 3. The Hall–Kier alpha value is -3.73. The minimum Gasteiger partial charge on any atom is -0.305 e. The summed E-state index contributed by atoms with van der Waals surface area (Å²) in [6.07, 6.45) is 3.98. The first-order valence-electron chi connectivity index (χ1n) is 15.9. The second-order valence-electron chi connectivity index (χ2n) is 13.3. The van der Waals surface area contributed by atoms with E-state index >= 15 is 0 Å². The van der Waals surface area contributed by atoms with Crippen LogP contribution in [-0.4, -0.2) is 18.0 Å². The zero-order valence-electron chi connectivity index (χ0n) is 28.1. The van der Waals surface area contributed by atoms with Gasteiger partial charge < -0.3 is 9.97 Å². The Balaban J connectivity index is 0.000000188. The maximum atomic E-state index is 4.70. The van der Waals surface area contributed by atoms with Crippen LogP contribution in [0.3, 0.4) is 0 Å². The van der Waals surface area contributed by atoms with Gasteiger partial charge in [0.1, 0.15) is 0 Å². The van der Waals surface area contributed by atoms with Gasteiger partial charge in [0.05, 0.1) is 8.07 Å². The minimum atomic E-state index is -1.35. The van der Waals surface area contributed by atoms with Gasteiger partial charge >= 0.3 is 0 Å². The van der Waals surface area contributed by atoms with Crippen LogP contribution in [-0.2, 0) is 20.1 Å². The van der Waals surface area contributed by atoms with Crippen LogP contribution in [0.25, 0.3) is 53.8 Å². The average molecular weight is 825 g/mol. The molecule has 0 aliphatic heterocycles. The zero-order valence-corrected chi connectivity index (χ0v) is 32.3. The molecule has 0 bridgehead atoms. The first kappa shape index (κ1) is 34.6. The number of nitrogens with zero attached hydrogens (tertiary/aromatic N) is 2. The summed E-state index contributed by atoms with van der Waals surface area (Å²) in [6, 6.07) is 40.8. The van der Waals surface area contributed by atoms with Crippen LogP contribution in [0.2, 0.25) is 19.6 Å². The number of aryl methyl sites for hydroxylation is 2. The van der Waals surface area contributed by atoms with Gasteiger partial charge in [0.25, 0.3) is 0 Å². The molecule has 7 rings (SSSR count). The van der Waals surface area contributed by atoms with Crippen LogP contribution in [0.15, 0.2) is 109 Å². The van der Waals surface area contributed by atoms with E-state index in [2.05, 4.69) is 150 Å². The molecule has 5 heteroatoms. The van der Waals surface area contributed by atoms with Gasteiger partial charge in [-0.2, -0.15) is 11.3 Å². The molecule has 0 fully saturated rings. The van der Waals surface area contributed by atoms with Crippen LogP contribution in [0.1, 0.15) is 36.5 Å². The Morgan fingerprint density at radius 1 is 0.702 bits per heavy atom. The van der Waals surface area contributed by atoms with Crippen molar-refractivity contribution in [2.75, 3.05) is 0 Å². The van der Waals surface area contributed by atoms with Gasteiger partial charge in [-0.25, -0.2) is 0 Å². The minimum absolute atomic E-state index is 0. The molecule has 3 aromatic heterocycles. The summed E-state index contributed by atoms with van der Waals surface area (Å²) in [5, 5.41) is 4.05. The predicted molar refractivity (Wildman–Crippen MR) is 202 cm³/mol. The van der Waals surface area contributed by atoms with E-state index < -0.39 is 8.07 Å². The van der Waals surface area contributed by atoms with Gasteiger partial charge in [-0.15, -0.1) is 59.2 Å². The third-order valence-electron chi connectivity index (χ3n) is 8.31. The van der Waals surface area contributed by atoms with Crippen molar-refractivity contribution in [3.63, 3.8) is 0 Å². The van der Waals surface area contributed by atoms with Crippen molar-refractivity contribution in [2.24, 2.45) is 0 Å². The van der Waals surface area contributed by atoms with Gasteiger partial charge in [-0.05, 0) is 62.8 Å². The molecule has 0 atom stereocenters. The van der Waals surface area contributed by atoms with Crippen molar-refractivity contribution in [1.82, 2.24) is 9.97 Å². The normalized spacial score (nSPS) is 11.3. The number of thiophene rings is 1. The number of fused-ring (bicyclic) bond motifs is 3. The summed E-state index contributed by atoms with van der Waals surface area (Å²) >= 11 is 1.83. The summed E-state index contributed by atoms with van der Waals surface area (Å²) in [5.74, 6) is 0.531. The Kier molecular flexibility index (Phi) is 10.7. The molecule has 0 saturated heterocycles. The maximum Gasteiger partial charge on any atom is 0.0799 e. The SMILES string of the molecule is Cc1cc[c-]c(-c2cc(C(C)C)c([Si](C)(C)C)cn2)c1.Cc1ccnc(-c2[c-]ccc3c2sc2cc(-c4ccccc4)ccc23)c1.[Ir]. The van der Waals surface area contributed by atoms with Crippen molar-refractivity contribution in [2.45, 2.75) is 53.3 Å². The van der Waals surface area contributed by atoms with Crippen molar-refractivity contribution >= 4 is 44.8 Å². The second kappa shape index (κ2) is 14.6. The molecule has 0 amide bonds. The number of hydrogen-bond donors (Lipinski definition) is 0. The van der Waals surface area contributed by atoms with Crippen LogP contribution < -0.4 is 5.19 Å². The molecule has 0 aliphatic rings. The molecular formula is C42H40IrN2SSi-2. The van der Waals surface area contributed by atoms with E-state index in [1.54, 1.807) is 0 Å². The van der Waals surface area contributed by atoms with Gasteiger partial charge in [-0.3, -0.25) is 0 Å². The number of rotatable bonds is 5. The first-order chi connectivity index (χ1) is 22.1. The smallest absolute Gasteiger partial charge is 0.0799 e. The zero-order chi connectivity index (χ0) is 32.4. The molecule has 3 heterocycles. The van der Waals surface area contributed by atoms with Crippen molar-refractivity contribution < 1.29 is 20.1 Å². The van der Waals surface area contributed by atoms with E-state index in [0.29, 0.717) is 5.92 Å². The number of aromatic nitrogens is 2. The molecule has 0 N–H and O–H groups in total. The van der Waals surface area contributed by atoms with Crippen molar-refractivity contribution in [3.05, 3.63) is 138 Å². The quantitative estimate of drug-likeness (QED) is 0.128. The first-order valence-corrected chi connectivity index (χ1v) is 20.2. The van der Waals surface area contributed by atoms with Crippen LogP contribution in [0, 0.1) is 26.0 Å². The van der Waals surface area contributed by atoms with Crippen molar-refractivity contribution in [3.8, 4) is 33.6 Å². The summed E-state index contributed by atoms with van der Waals surface area (Å²) in [5.41, 5.74) is 10.6. The fraction of sp³-hybridized carbons (Fsp3) is 0.190.